The van der Waals surface area contributed by atoms with Crippen molar-refractivity contribution in [2.45, 2.75) is 27.2 Å². The minimum Gasteiger partial charge on any atom is -0.438 e. The van der Waals surface area contributed by atoms with Crippen LogP contribution in [0.3, 0.4) is 0 Å². The van der Waals surface area contributed by atoms with E-state index in [4.69, 9.17) is 22.1 Å². The number of anilines is 1. The lowest BCUT2D eigenvalue weighted by Crippen LogP contribution is -2.01. The zero-order valence-electron chi connectivity index (χ0n) is 11.2. The van der Waals surface area contributed by atoms with Crippen LogP contribution in [0.2, 0.25) is 5.02 Å². The number of halogens is 1. The van der Waals surface area contributed by atoms with Crippen molar-refractivity contribution in [3.05, 3.63) is 40.2 Å². The van der Waals surface area contributed by atoms with Gasteiger partial charge in [-0.25, -0.2) is 4.98 Å². The number of ether oxygens (including phenoxy) is 1. The molecule has 0 radical (unpaired) electrons. The van der Waals surface area contributed by atoms with Crippen LogP contribution in [0.1, 0.15) is 23.9 Å². The molecule has 100 valence electrons. The second-order valence-corrected chi connectivity index (χ2v) is 4.81. The van der Waals surface area contributed by atoms with Crippen LogP contribution in [0, 0.1) is 13.8 Å². The highest BCUT2D eigenvalue weighted by Gasteiger charge is 2.09. The van der Waals surface area contributed by atoms with Gasteiger partial charge in [0.05, 0.1) is 0 Å². The molecule has 19 heavy (non-hydrogen) atoms. The van der Waals surface area contributed by atoms with E-state index in [0.29, 0.717) is 29.0 Å². The highest BCUT2D eigenvalue weighted by atomic mass is 35.5. The molecule has 0 fully saturated rings. The average molecular weight is 278 g/mol. The fourth-order valence-electron chi connectivity index (χ4n) is 1.87. The Morgan fingerprint density at radius 1 is 1.16 bits per heavy atom. The standard InChI is InChI=1S/C14H16ClN3O/c1-4-12-17-11(16)7-13(18-12)19-14-8(2)5-10(15)6-9(14)3/h5-7H,4H2,1-3H3,(H2,16,17,18). The summed E-state index contributed by atoms with van der Waals surface area (Å²) in [6, 6.07) is 5.33. The van der Waals surface area contributed by atoms with Crippen molar-refractivity contribution < 1.29 is 4.74 Å². The molecule has 0 bridgehead atoms. The molecule has 0 aliphatic carbocycles. The van der Waals surface area contributed by atoms with E-state index in [1.165, 1.54) is 0 Å². The number of benzene rings is 1. The Balaban J connectivity index is 2.39. The highest BCUT2D eigenvalue weighted by Crippen LogP contribution is 2.30. The molecule has 0 saturated heterocycles. The van der Waals surface area contributed by atoms with Crippen LogP contribution in [0.15, 0.2) is 18.2 Å². The predicted octanol–water partition coefficient (Wildman–Crippen LogP) is 3.68. The van der Waals surface area contributed by atoms with Gasteiger partial charge >= 0.3 is 0 Å². The molecule has 0 saturated carbocycles. The Bertz CT molecular complexity index is 591. The van der Waals surface area contributed by atoms with Crippen molar-refractivity contribution in [2.24, 2.45) is 0 Å². The van der Waals surface area contributed by atoms with Gasteiger partial charge in [0.2, 0.25) is 5.88 Å². The molecule has 1 aromatic carbocycles. The molecule has 0 aliphatic heterocycles. The first-order valence-corrected chi connectivity index (χ1v) is 6.45. The number of nitrogen functional groups attached to an aromatic ring is 1. The summed E-state index contributed by atoms with van der Waals surface area (Å²) < 4.78 is 5.83. The van der Waals surface area contributed by atoms with Gasteiger partial charge in [0.15, 0.2) is 0 Å². The van der Waals surface area contributed by atoms with Gasteiger partial charge in [-0.05, 0) is 37.1 Å². The van der Waals surface area contributed by atoms with Crippen molar-refractivity contribution in [3.63, 3.8) is 0 Å². The molecule has 0 spiro atoms. The monoisotopic (exact) mass is 277 g/mol. The molecule has 0 amide bonds. The molecule has 4 nitrogen and oxygen atoms in total. The van der Waals surface area contributed by atoms with Crippen LogP contribution in [0.4, 0.5) is 5.82 Å². The molecule has 2 rings (SSSR count). The van der Waals surface area contributed by atoms with Gasteiger partial charge < -0.3 is 10.5 Å². The quantitative estimate of drug-likeness (QED) is 0.929. The van der Waals surface area contributed by atoms with Crippen molar-refractivity contribution in [1.29, 1.82) is 0 Å². The van der Waals surface area contributed by atoms with Crippen molar-refractivity contribution >= 4 is 17.4 Å². The third kappa shape index (κ3) is 3.15. The first-order valence-electron chi connectivity index (χ1n) is 6.07. The van der Waals surface area contributed by atoms with E-state index in [9.17, 15) is 0 Å². The summed E-state index contributed by atoms with van der Waals surface area (Å²) in [5.41, 5.74) is 7.65. The lowest BCUT2D eigenvalue weighted by Gasteiger charge is -2.12. The zero-order valence-corrected chi connectivity index (χ0v) is 12.0. The first-order chi connectivity index (χ1) is 8.99. The number of aromatic nitrogens is 2. The normalized spacial score (nSPS) is 10.5. The fraction of sp³-hybridized carbons (Fsp3) is 0.286. The van der Waals surface area contributed by atoms with E-state index in [1.54, 1.807) is 6.07 Å². The van der Waals surface area contributed by atoms with E-state index >= 15 is 0 Å². The van der Waals surface area contributed by atoms with E-state index in [-0.39, 0.29) is 0 Å². The van der Waals surface area contributed by atoms with Crippen LogP contribution >= 0.6 is 11.6 Å². The molecule has 5 heteroatoms. The van der Waals surface area contributed by atoms with E-state index < -0.39 is 0 Å². The van der Waals surface area contributed by atoms with E-state index in [2.05, 4.69) is 9.97 Å². The van der Waals surface area contributed by atoms with E-state index in [1.807, 2.05) is 32.9 Å². The van der Waals surface area contributed by atoms with Gasteiger partial charge in [-0.15, -0.1) is 0 Å². The number of hydrogen-bond donors (Lipinski definition) is 1. The van der Waals surface area contributed by atoms with Gasteiger partial charge in [0.1, 0.15) is 17.4 Å². The molecule has 2 N–H and O–H groups in total. The van der Waals surface area contributed by atoms with Crippen LogP contribution in [-0.4, -0.2) is 9.97 Å². The molecule has 0 unspecified atom stereocenters. The second-order valence-electron chi connectivity index (χ2n) is 4.37. The maximum absolute atomic E-state index is 6.00. The maximum Gasteiger partial charge on any atom is 0.224 e. The van der Waals surface area contributed by atoms with Crippen LogP contribution in [-0.2, 0) is 6.42 Å². The third-order valence-electron chi connectivity index (χ3n) is 2.72. The summed E-state index contributed by atoms with van der Waals surface area (Å²) in [6.45, 7) is 5.86. The minimum absolute atomic E-state index is 0.408. The Morgan fingerprint density at radius 2 is 1.79 bits per heavy atom. The van der Waals surface area contributed by atoms with Crippen LogP contribution in [0.25, 0.3) is 0 Å². The molecule has 1 heterocycles. The Kier molecular flexibility index (Phi) is 3.90. The Morgan fingerprint density at radius 3 is 2.37 bits per heavy atom. The van der Waals surface area contributed by atoms with Crippen LogP contribution in [0.5, 0.6) is 11.6 Å². The van der Waals surface area contributed by atoms with Gasteiger partial charge in [-0.1, -0.05) is 18.5 Å². The summed E-state index contributed by atoms with van der Waals surface area (Å²) in [5, 5.41) is 0.693. The van der Waals surface area contributed by atoms with Gasteiger partial charge in [-0.2, -0.15) is 4.98 Å². The predicted molar refractivity (Wildman–Crippen MR) is 76.8 cm³/mol. The van der Waals surface area contributed by atoms with E-state index in [0.717, 1.165) is 16.9 Å². The summed E-state index contributed by atoms with van der Waals surface area (Å²) in [4.78, 5) is 8.42. The average Bonchev–Trinajstić information content (AvgIpc) is 2.33. The topological polar surface area (TPSA) is 61.0 Å². The lowest BCUT2D eigenvalue weighted by atomic mass is 10.1. The number of nitrogens with two attached hydrogens (primary N) is 1. The van der Waals surface area contributed by atoms with Gasteiger partial charge in [-0.3, -0.25) is 0 Å². The van der Waals surface area contributed by atoms with Gasteiger partial charge in [0.25, 0.3) is 0 Å². The SMILES string of the molecule is CCc1nc(N)cc(Oc2c(C)cc(Cl)cc2C)n1. The molecular weight excluding hydrogens is 262 g/mol. The molecule has 1 aromatic heterocycles. The largest absolute Gasteiger partial charge is 0.438 e. The Hall–Kier alpha value is -1.81. The molecular formula is C14H16ClN3O. The summed E-state index contributed by atoms with van der Waals surface area (Å²) >= 11 is 6.00. The summed E-state index contributed by atoms with van der Waals surface area (Å²) in [6.07, 6.45) is 0.708. The zero-order chi connectivity index (χ0) is 14.0. The van der Waals surface area contributed by atoms with Crippen LogP contribution < -0.4 is 10.5 Å². The number of rotatable bonds is 3. The minimum atomic E-state index is 0.408. The van der Waals surface area contributed by atoms with Crippen molar-refractivity contribution in [1.82, 2.24) is 9.97 Å². The first kappa shape index (κ1) is 13.6. The van der Waals surface area contributed by atoms with Gasteiger partial charge in [0, 0.05) is 17.5 Å². The lowest BCUT2D eigenvalue weighted by molar-refractivity contribution is 0.452. The second kappa shape index (κ2) is 5.45. The summed E-state index contributed by atoms with van der Waals surface area (Å²) in [5.74, 6) is 2.29. The number of hydrogen-bond acceptors (Lipinski definition) is 4. The molecule has 0 atom stereocenters. The number of nitrogens with zero attached hydrogens (tertiary/aromatic N) is 2. The Labute approximate surface area is 117 Å². The highest BCUT2D eigenvalue weighted by molar-refractivity contribution is 6.30. The molecule has 0 aliphatic rings. The number of aryl methyl sites for hydroxylation is 3. The smallest absolute Gasteiger partial charge is 0.224 e. The maximum atomic E-state index is 6.00. The fourth-order valence-corrected chi connectivity index (χ4v) is 2.19. The summed E-state index contributed by atoms with van der Waals surface area (Å²) in [7, 11) is 0. The molecule has 2 aromatic rings. The van der Waals surface area contributed by atoms with Crippen molar-refractivity contribution in [3.8, 4) is 11.6 Å². The van der Waals surface area contributed by atoms with Crippen molar-refractivity contribution in [2.75, 3.05) is 5.73 Å². The third-order valence-corrected chi connectivity index (χ3v) is 2.93.